The first-order chi connectivity index (χ1) is 8.61. The second-order valence-corrected chi connectivity index (χ2v) is 4.51. The molecule has 0 aliphatic heterocycles. The van der Waals surface area contributed by atoms with Crippen LogP contribution in [0.5, 0.6) is 5.88 Å². The third-order valence-electron chi connectivity index (χ3n) is 2.23. The van der Waals surface area contributed by atoms with E-state index in [0.717, 1.165) is 11.3 Å². The van der Waals surface area contributed by atoms with E-state index in [9.17, 15) is 4.79 Å². The minimum atomic E-state index is -0.270. The number of carbonyl (C=O) groups excluding carboxylic acids is 1. The van der Waals surface area contributed by atoms with Gasteiger partial charge < -0.3 is 15.8 Å². The van der Waals surface area contributed by atoms with E-state index >= 15 is 0 Å². The second-order valence-electron chi connectivity index (χ2n) is 3.48. The molecule has 0 unspecified atom stereocenters. The number of aromatic nitrogens is 2. The number of ether oxygens (including phenoxy) is 1. The minimum absolute atomic E-state index is 0.270. The summed E-state index contributed by atoms with van der Waals surface area (Å²) in [4.78, 5) is 20.5. The summed E-state index contributed by atoms with van der Waals surface area (Å²) < 4.78 is 5.05. The number of thiazole rings is 1. The Kier molecular flexibility index (Phi) is 3.42. The van der Waals surface area contributed by atoms with Gasteiger partial charge in [-0.25, -0.2) is 9.97 Å². The van der Waals surface area contributed by atoms with Crippen LogP contribution >= 0.6 is 11.3 Å². The molecule has 2 aromatic heterocycles. The number of nitrogens with zero attached hydrogens (tertiary/aromatic N) is 2. The molecule has 0 fully saturated rings. The highest BCUT2D eigenvalue weighted by atomic mass is 32.1. The molecular weight excluding hydrogens is 252 g/mol. The Labute approximate surface area is 108 Å². The predicted molar refractivity (Wildman–Crippen MR) is 70.0 cm³/mol. The average Bonchev–Trinajstić information content (AvgIpc) is 2.69. The summed E-state index contributed by atoms with van der Waals surface area (Å²) in [6.07, 6.45) is 1.59. The Morgan fingerprint density at radius 2 is 2.33 bits per heavy atom. The number of hydrogen-bond acceptors (Lipinski definition) is 6. The Morgan fingerprint density at radius 1 is 1.56 bits per heavy atom. The van der Waals surface area contributed by atoms with Crippen molar-refractivity contribution in [2.45, 2.75) is 6.92 Å². The quantitative estimate of drug-likeness (QED) is 0.880. The molecule has 0 bridgehead atoms. The zero-order chi connectivity index (χ0) is 13.1. The van der Waals surface area contributed by atoms with Crippen LogP contribution in [0.3, 0.4) is 0 Å². The lowest BCUT2D eigenvalue weighted by atomic mass is 10.3. The van der Waals surface area contributed by atoms with E-state index in [-0.39, 0.29) is 5.91 Å². The van der Waals surface area contributed by atoms with Crippen LogP contribution in [-0.2, 0) is 0 Å². The molecule has 6 nitrogen and oxygen atoms in total. The van der Waals surface area contributed by atoms with Gasteiger partial charge >= 0.3 is 0 Å². The van der Waals surface area contributed by atoms with Crippen molar-refractivity contribution >= 4 is 28.1 Å². The van der Waals surface area contributed by atoms with Crippen LogP contribution in [0.1, 0.15) is 15.4 Å². The van der Waals surface area contributed by atoms with Crippen LogP contribution in [-0.4, -0.2) is 23.0 Å². The van der Waals surface area contributed by atoms with Gasteiger partial charge in [-0.05, 0) is 19.1 Å². The molecule has 1 amide bonds. The van der Waals surface area contributed by atoms with E-state index in [1.165, 1.54) is 7.11 Å². The zero-order valence-corrected chi connectivity index (χ0v) is 10.7. The molecule has 0 aliphatic rings. The highest BCUT2D eigenvalue weighted by Gasteiger charge is 2.16. The fourth-order valence-electron chi connectivity index (χ4n) is 1.46. The lowest BCUT2D eigenvalue weighted by Crippen LogP contribution is -2.12. The number of rotatable bonds is 3. The largest absolute Gasteiger partial charge is 0.480 e. The Morgan fingerprint density at radius 3 is 2.94 bits per heavy atom. The molecule has 0 saturated heterocycles. The first-order valence-electron chi connectivity index (χ1n) is 5.15. The summed E-state index contributed by atoms with van der Waals surface area (Å²) >= 11 is 1.15. The Balaban J connectivity index is 2.24. The molecule has 2 heterocycles. The number of pyridine rings is 1. The van der Waals surface area contributed by atoms with Crippen molar-refractivity contribution in [1.29, 1.82) is 0 Å². The van der Waals surface area contributed by atoms with Crippen molar-refractivity contribution in [3.63, 3.8) is 0 Å². The van der Waals surface area contributed by atoms with Crippen molar-refractivity contribution in [3.8, 4) is 5.88 Å². The number of aryl methyl sites for hydroxylation is 1. The molecule has 0 radical (unpaired) electrons. The van der Waals surface area contributed by atoms with Crippen molar-refractivity contribution in [1.82, 2.24) is 9.97 Å². The van der Waals surface area contributed by atoms with Crippen molar-refractivity contribution < 1.29 is 9.53 Å². The van der Waals surface area contributed by atoms with Crippen LogP contribution in [0.4, 0.5) is 10.8 Å². The molecular formula is C11H12N4O2S. The van der Waals surface area contributed by atoms with Gasteiger partial charge in [-0.15, -0.1) is 0 Å². The number of carbonyl (C=O) groups is 1. The third kappa shape index (κ3) is 2.40. The summed E-state index contributed by atoms with van der Waals surface area (Å²) in [7, 11) is 1.49. The molecule has 0 aliphatic carbocycles. The summed E-state index contributed by atoms with van der Waals surface area (Å²) in [6, 6.07) is 3.43. The number of nitrogen functional groups attached to an aromatic ring is 1. The Hall–Kier alpha value is -2.15. The third-order valence-corrected chi connectivity index (χ3v) is 3.22. The molecule has 2 aromatic rings. The lowest BCUT2D eigenvalue weighted by molar-refractivity contribution is 0.102. The van der Waals surface area contributed by atoms with Gasteiger partial charge in [0.25, 0.3) is 5.91 Å². The zero-order valence-electron chi connectivity index (χ0n) is 9.93. The molecule has 94 valence electrons. The fourth-order valence-corrected chi connectivity index (χ4v) is 2.18. The molecule has 0 atom stereocenters. The summed E-state index contributed by atoms with van der Waals surface area (Å²) in [5.41, 5.74) is 6.68. The number of nitrogens with one attached hydrogen (secondary N) is 1. The van der Waals surface area contributed by atoms with E-state index in [1.807, 2.05) is 0 Å². The van der Waals surface area contributed by atoms with Crippen LogP contribution in [0.2, 0.25) is 0 Å². The van der Waals surface area contributed by atoms with E-state index in [2.05, 4.69) is 15.3 Å². The monoisotopic (exact) mass is 264 g/mol. The predicted octanol–water partition coefficient (Wildman–Crippen LogP) is 1.69. The number of anilines is 2. The highest BCUT2D eigenvalue weighted by Crippen LogP contribution is 2.24. The normalized spacial score (nSPS) is 10.1. The van der Waals surface area contributed by atoms with Gasteiger partial charge in [0.05, 0.1) is 12.8 Å². The lowest BCUT2D eigenvalue weighted by Gasteiger charge is -2.07. The van der Waals surface area contributed by atoms with Crippen molar-refractivity contribution in [2.75, 3.05) is 18.2 Å². The molecule has 18 heavy (non-hydrogen) atoms. The van der Waals surface area contributed by atoms with E-state index in [1.54, 1.807) is 25.3 Å². The van der Waals surface area contributed by atoms with Crippen LogP contribution < -0.4 is 15.8 Å². The number of hydrogen-bond donors (Lipinski definition) is 2. The van der Waals surface area contributed by atoms with Crippen LogP contribution in [0.25, 0.3) is 0 Å². The van der Waals surface area contributed by atoms with Gasteiger partial charge in [-0.3, -0.25) is 4.79 Å². The topological polar surface area (TPSA) is 90.1 Å². The second kappa shape index (κ2) is 5.01. The van der Waals surface area contributed by atoms with Gasteiger partial charge in [0.2, 0.25) is 5.88 Å². The molecule has 0 spiro atoms. The minimum Gasteiger partial charge on any atom is -0.480 e. The summed E-state index contributed by atoms with van der Waals surface area (Å²) in [6.45, 7) is 1.74. The number of methoxy groups -OCH3 is 1. The molecule has 0 aromatic carbocycles. The SMILES string of the molecule is COc1ncccc1NC(=O)c1sc(N)nc1C. The maximum atomic E-state index is 12.0. The smallest absolute Gasteiger partial charge is 0.267 e. The molecule has 3 N–H and O–H groups in total. The number of nitrogens with two attached hydrogens (primary N) is 1. The van der Waals surface area contributed by atoms with Crippen molar-refractivity contribution in [3.05, 3.63) is 28.9 Å². The van der Waals surface area contributed by atoms with Gasteiger partial charge in [0.1, 0.15) is 10.6 Å². The Bertz CT molecular complexity index is 582. The van der Waals surface area contributed by atoms with Crippen molar-refractivity contribution in [2.24, 2.45) is 0 Å². The average molecular weight is 264 g/mol. The number of amides is 1. The van der Waals surface area contributed by atoms with Gasteiger partial charge in [-0.2, -0.15) is 0 Å². The first-order valence-corrected chi connectivity index (χ1v) is 5.96. The highest BCUT2D eigenvalue weighted by molar-refractivity contribution is 7.17. The summed E-state index contributed by atoms with van der Waals surface area (Å²) in [5.74, 6) is 0.0917. The molecule has 0 saturated carbocycles. The summed E-state index contributed by atoms with van der Waals surface area (Å²) in [5, 5.41) is 3.09. The van der Waals surface area contributed by atoms with E-state index in [4.69, 9.17) is 10.5 Å². The van der Waals surface area contributed by atoms with Gasteiger partial charge in [-0.1, -0.05) is 11.3 Å². The standard InChI is InChI=1S/C11H12N4O2S/c1-6-8(18-11(12)14-6)9(16)15-7-4-3-5-13-10(7)17-2/h3-5H,1-2H3,(H2,12,14)(H,15,16). The fraction of sp³-hybridized carbons (Fsp3) is 0.182. The first kappa shape index (κ1) is 12.3. The maximum Gasteiger partial charge on any atom is 0.267 e. The van der Waals surface area contributed by atoms with E-state index < -0.39 is 0 Å². The van der Waals surface area contributed by atoms with Crippen LogP contribution in [0.15, 0.2) is 18.3 Å². The van der Waals surface area contributed by atoms with Gasteiger partial charge in [0.15, 0.2) is 5.13 Å². The van der Waals surface area contributed by atoms with Gasteiger partial charge in [0, 0.05) is 6.20 Å². The van der Waals surface area contributed by atoms with Crippen LogP contribution in [0, 0.1) is 6.92 Å². The van der Waals surface area contributed by atoms with E-state index in [0.29, 0.717) is 27.3 Å². The molecule has 2 rings (SSSR count). The maximum absolute atomic E-state index is 12.0. The molecule has 7 heteroatoms.